The highest BCUT2D eigenvalue weighted by Gasteiger charge is 2.09. The van der Waals surface area contributed by atoms with E-state index in [-0.39, 0.29) is 0 Å². The lowest BCUT2D eigenvalue weighted by Crippen LogP contribution is -2.30. The van der Waals surface area contributed by atoms with Crippen LogP contribution in [-0.4, -0.2) is 34.3 Å². The third-order valence-electron chi connectivity index (χ3n) is 1.51. The summed E-state index contributed by atoms with van der Waals surface area (Å²) in [6.07, 6.45) is 1.27. The lowest BCUT2D eigenvalue weighted by molar-refractivity contribution is -0.138. The highest BCUT2D eigenvalue weighted by molar-refractivity contribution is 7.99. The van der Waals surface area contributed by atoms with Crippen molar-refractivity contribution in [3.05, 3.63) is 0 Å². The van der Waals surface area contributed by atoms with Crippen LogP contribution in [-0.2, 0) is 4.79 Å². The number of nitrogens with one attached hydrogen (secondary N) is 1. The maximum atomic E-state index is 10.3. The van der Waals surface area contributed by atoms with Gasteiger partial charge in [-0.2, -0.15) is 11.8 Å². The van der Waals surface area contributed by atoms with Crippen LogP contribution in [0.3, 0.4) is 0 Å². The summed E-state index contributed by atoms with van der Waals surface area (Å²) >= 11 is 1.64. The van der Waals surface area contributed by atoms with Crippen molar-refractivity contribution in [2.24, 2.45) is 5.73 Å². The number of carboxylic acids is 1. The number of carboxylic acid groups (broad SMARTS) is 1. The van der Waals surface area contributed by atoms with Gasteiger partial charge in [0.15, 0.2) is 0 Å². The van der Waals surface area contributed by atoms with Gasteiger partial charge in [0, 0.05) is 5.71 Å². The molecule has 0 bridgehead atoms. The number of nitrogens with two attached hydrogens (primary N) is 1. The molecule has 4 N–H and O–H groups in total. The van der Waals surface area contributed by atoms with Gasteiger partial charge in [-0.25, -0.2) is 0 Å². The van der Waals surface area contributed by atoms with Crippen molar-refractivity contribution in [2.75, 3.05) is 11.5 Å². The number of aliphatic carboxylic acids is 1. The molecule has 0 saturated heterocycles. The molecule has 0 aliphatic rings. The summed E-state index contributed by atoms with van der Waals surface area (Å²) < 4.78 is 0. The molecule has 0 saturated carbocycles. The summed E-state index contributed by atoms with van der Waals surface area (Å²) in [5.41, 5.74) is 5.97. The van der Waals surface area contributed by atoms with Crippen molar-refractivity contribution in [3.63, 3.8) is 0 Å². The third-order valence-corrected chi connectivity index (χ3v) is 2.53. The smallest absolute Gasteiger partial charge is 0.320 e. The van der Waals surface area contributed by atoms with Crippen LogP contribution in [0.4, 0.5) is 0 Å². The Morgan fingerprint density at radius 3 is 2.69 bits per heavy atom. The maximum absolute atomic E-state index is 10.3. The van der Waals surface area contributed by atoms with Gasteiger partial charge >= 0.3 is 5.97 Å². The van der Waals surface area contributed by atoms with Crippen LogP contribution in [0.2, 0.25) is 0 Å². The predicted octanol–water partition coefficient (Wildman–Crippen LogP) is 0.951. The summed E-state index contributed by atoms with van der Waals surface area (Å²) in [5.74, 6) is 0.687. The number of thioether (sulfide) groups is 1. The first-order chi connectivity index (χ1) is 6.04. The zero-order valence-corrected chi connectivity index (χ0v) is 8.56. The molecule has 0 aliphatic heterocycles. The average molecular weight is 204 g/mol. The first kappa shape index (κ1) is 12.4. The van der Waals surface area contributed by atoms with Crippen LogP contribution in [0.25, 0.3) is 0 Å². The topological polar surface area (TPSA) is 87.2 Å². The molecule has 0 rings (SSSR count). The lowest BCUT2D eigenvalue weighted by atomic mass is 10.2. The van der Waals surface area contributed by atoms with Gasteiger partial charge in [0.05, 0.1) is 0 Å². The van der Waals surface area contributed by atoms with Gasteiger partial charge in [0.1, 0.15) is 6.04 Å². The molecule has 5 heteroatoms. The van der Waals surface area contributed by atoms with E-state index < -0.39 is 12.0 Å². The van der Waals surface area contributed by atoms with E-state index in [2.05, 4.69) is 0 Å². The number of hydrogen-bond donors (Lipinski definition) is 3. The van der Waals surface area contributed by atoms with E-state index in [1.807, 2.05) is 0 Å². The Bertz CT molecular complexity index is 185. The van der Waals surface area contributed by atoms with Crippen LogP contribution in [0.15, 0.2) is 0 Å². The fourth-order valence-electron chi connectivity index (χ4n) is 0.661. The summed E-state index contributed by atoms with van der Waals surface area (Å²) in [4.78, 5) is 10.3. The summed E-state index contributed by atoms with van der Waals surface area (Å²) in [5, 5.41) is 15.6. The Balaban J connectivity index is 3.26. The van der Waals surface area contributed by atoms with Gasteiger partial charge in [0.2, 0.25) is 0 Å². The maximum Gasteiger partial charge on any atom is 0.320 e. The largest absolute Gasteiger partial charge is 0.480 e. The Labute approximate surface area is 82.4 Å². The van der Waals surface area contributed by atoms with Crippen LogP contribution < -0.4 is 5.73 Å². The van der Waals surface area contributed by atoms with E-state index >= 15 is 0 Å². The van der Waals surface area contributed by atoms with Crippen molar-refractivity contribution in [1.29, 1.82) is 5.41 Å². The number of hydrogen-bond acceptors (Lipinski definition) is 4. The molecule has 76 valence electrons. The number of rotatable bonds is 7. The van der Waals surface area contributed by atoms with Crippen LogP contribution in [0, 0.1) is 5.41 Å². The molecule has 0 radical (unpaired) electrons. The molecular weight excluding hydrogens is 188 g/mol. The Morgan fingerprint density at radius 1 is 1.62 bits per heavy atom. The zero-order valence-electron chi connectivity index (χ0n) is 7.75. The lowest BCUT2D eigenvalue weighted by Gasteiger charge is -2.05. The molecular formula is C8H16N2O2S. The summed E-state index contributed by atoms with van der Waals surface area (Å²) in [7, 11) is 0. The van der Waals surface area contributed by atoms with Crippen molar-refractivity contribution in [2.45, 2.75) is 25.8 Å². The minimum Gasteiger partial charge on any atom is -0.480 e. The first-order valence-corrected chi connectivity index (χ1v) is 5.29. The molecule has 13 heavy (non-hydrogen) atoms. The van der Waals surface area contributed by atoms with E-state index in [9.17, 15) is 4.79 Å². The van der Waals surface area contributed by atoms with Crippen molar-refractivity contribution >= 4 is 23.4 Å². The van der Waals surface area contributed by atoms with Gasteiger partial charge in [-0.3, -0.25) is 4.79 Å². The minimum atomic E-state index is -0.941. The normalized spacial score (nSPS) is 12.5. The van der Waals surface area contributed by atoms with E-state index in [0.29, 0.717) is 12.1 Å². The molecule has 0 fully saturated rings. The van der Waals surface area contributed by atoms with Gasteiger partial charge in [-0.05, 0) is 31.3 Å². The molecule has 0 amide bonds. The second-order valence-electron chi connectivity index (χ2n) is 2.88. The molecule has 0 heterocycles. The average Bonchev–Trinajstić information content (AvgIpc) is 2.02. The monoisotopic (exact) mass is 204 g/mol. The van der Waals surface area contributed by atoms with Gasteiger partial charge in [-0.1, -0.05) is 0 Å². The molecule has 0 aromatic carbocycles. The SMILES string of the molecule is CC(=N)CCSCCC(N)C(=O)O. The zero-order chi connectivity index (χ0) is 10.3. The van der Waals surface area contributed by atoms with Gasteiger partial charge < -0.3 is 16.2 Å². The molecule has 1 atom stereocenters. The predicted molar refractivity (Wildman–Crippen MR) is 55.6 cm³/mol. The van der Waals surface area contributed by atoms with Crippen LogP contribution in [0.5, 0.6) is 0 Å². The second-order valence-corrected chi connectivity index (χ2v) is 4.10. The summed E-state index contributed by atoms with van der Waals surface area (Å²) in [6.45, 7) is 1.77. The van der Waals surface area contributed by atoms with E-state index in [0.717, 1.165) is 17.9 Å². The van der Waals surface area contributed by atoms with Gasteiger partial charge in [-0.15, -0.1) is 0 Å². The quantitative estimate of drug-likeness (QED) is 0.425. The molecule has 0 aromatic heterocycles. The second kappa shape index (κ2) is 6.91. The fraction of sp³-hybridized carbons (Fsp3) is 0.750. The van der Waals surface area contributed by atoms with Gasteiger partial charge in [0.25, 0.3) is 0 Å². The molecule has 0 aliphatic carbocycles. The molecule has 1 unspecified atom stereocenters. The van der Waals surface area contributed by atoms with Crippen molar-refractivity contribution in [3.8, 4) is 0 Å². The van der Waals surface area contributed by atoms with Crippen LogP contribution in [0.1, 0.15) is 19.8 Å². The Morgan fingerprint density at radius 2 is 2.23 bits per heavy atom. The van der Waals surface area contributed by atoms with Crippen molar-refractivity contribution in [1.82, 2.24) is 0 Å². The Kier molecular flexibility index (Phi) is 6.62. The molecule has 0 spiro atoms. The summed E-state index contributed by atoms with van der Waals surface area (Å²) in [6, 6.07) is -0.742. The minimum absolute atomic E-state index is 0.497. The number of carbonyl (C=O) groups is 1. The highest BCUT2D eigenvalue weighted by atomic mass is 32.2. The highest BCUT2D eigenvalue weighted by Crippen LogP contribution is 2.06. The molecule has 0 aromatic rings. The first-order valence-electron chi connectivity index (χ1n) is 4.14. The fourth-order valence-corrected chi connectivity index (χ4v) is 1.74. The van der Waals surface area contributed by atoms with Crippen molar-refractivity contribution < 1.29 is 9.90 Å². The van der Waals surface area contributed by atoms with E-state index in [4.69, 9.17) is 16.2 Å². The van der Waals surface area contributed by atoms with Crippen LogP contribution >= 0.6 is 11.8 Å². The molecule has 4 nitrogen and oxygen atoms in total. The Hall–Kier alpha value is -0.550. The van der Waals surface area contributed by atoms with E-state index in [1.54, 1.807) is 18.7 Å². The standard InChI is InChI=1S/C8H16N2O2S/c1-6(9)2-4-13-5-3-7(10)8(11)12/h7,9H,2-5,10H2,1H3,(H,11,12). The van der Waals surface area contributed by atoms with E-state index in [1.165, 1.54) is 0 Å². The third kappa shape index (κ3) is 7.80.